The van der Waals surface area contributed by atoms with Gasteiger partial charge in [-0.25, -0.2) is 0 Å². The highest BCUT2D eigenvalue weighted by Gasteiger charge is 2.51. The number of nitrogens with one attached hydrogen (secondary N) is 2. The number of carbonyl (C=O) groups is 3. The molecule has 0 unspecified atom stereocenters. The van der Waals surface area contributed by atoms with Crippen LogP contribution >= 0.6 is 0 Å². The molecule has 0 aliphatic heterocycles. The topological polar surface area (TPSA) is 84.5 Å². The zero-order chi connectivity index (χ0) is 19.7. The highest BCUT2D eigenvalue weighted by Crippen LogP contribution is 2.61. The molecule has 5 rings (SSSR count). The molecule has 4 saturated carbocycles. The summed E-state index contributed by atoms with van der Waals surface area (Å²) in [6, 6.07) is 6.86. The molecule has 0 aromatic heterocycles. The van der Waals surface area contributed by atoms with Crippen molar-refractivity contribution in [1.82, 2.24) is 0 Å². The first-order valence-electron chi connectivity index (χ1n) is 10.2. The summed E-state index contributed by atoms with van der Waals surface area (Å²) < 4.78 is 5.29. The lowest BCUT2D eigenvalue weighted by atomic mass is 9.49. The number of ether oxygens (including phenoxy) is 1. The van der Waals surface area contributed by atoms with E-state index in [9.17, 15) is 14.4 Å². The lowest BCUT2D eigenvalue weighted by Crippen LogP contribution is -2.47. The van der Waals surface area contributed by atoms with Crippen LogP contribution in [0, 0.1) is 23.2 Å². The van der Waals surface area contributed by atoms with Crippen LogP contribution in [0.1, 0.15) is 51.9 Å². The van der Waals surface area contributed by atoms with Crippen molar-refractivity contribution in [2.75, 3.05) is 17.2 Å². The Labute approximate surface area is 165 Å². The van der Waals surface area contributed by atoms with Crippen molar-refractivity contribution < 1.29 is 19.1 Å². The average Bonchev–Trinajstić information content (AvgIpc) is 2.58. The van der Waals surface area contributed by atoms with Crippen LogP contribution in [0.15, 0.2) is 24.3 Å². The van der Waals surface area contributed by atoms with Crippen molar-refractivity contribution >= 4 is 29.2 Å². The largest absolute Gasteiger partial charge is 0.456 e. The maximum Gasteiger partial charge on any atom is 0.306 e. The van der Waals surface area contributed by atoms with Crippen LogP contribution in [0.4, 0.5) is 11.4 Å². The molecule has 0 atom stereocenters. The summed E-state index contributed by atoms with van der Waals surface area (Å²) in [4.78, 5) is 35.7. The summed E-state index contributed by atoms with van der Waals surface area (Å²) in [6.45, 7) is 1.14. The van der Waals surface area contributed by atoms with Crippen molar-refractivity contribution in [3.8, 4) is 0 Å². The SMILES string of the molecule is CC(=O)Nc1cccc(NC(=O)COC(=O)CC23CC4CC(CC(C4)C2)C3)c1. The van der Waals surface area contributed by atoms with Gasteiger partial charge < -0.3 is 15.4 Å². The minimum atomic E-state index is -0.376. The Bertz CT molecular complexity index is 753. The molecule has 6 heteroatoms. The normalized spacial score (nSPS) is 30.0. The Kier molecular flexibility index (Phi) is 5.13. The fourth-order valence-electron chi connectivity index (χ4n) is 6.08. The van der Waals surface area contributed by atoms with Gasteiger partial charge in [-0.2, -0.15) is 0 Å². The molecule has 2 amide bonds. The Morgan fingerprint density at radius 2 is 1.57 bits per heavy atom. The molecule has 6 nitrogen and oxygen atoms in total. The van der Waals surface area contributed by atoms with Gasteiger partial charge in [-0.15, -0.1) is 0 Å². The lowest BCUT2D eigenvalue weighted by Gasteiger charge is -2.56. The van der Waals surface area contributed by atoms with E-state index in [-0.39, 0.29) is 29.8 Å². The Morgan fingerprint density at radius 1 is 1.00 bits per heavy atom. The quantitative estimate of drug-likeness (QED) is 0.732. The second-order valence-corrected chi connectivity index (χ2v) is 9.07. The summed E-state index contributed by atoms with van der Waals surface area (Å²) in [5.41, 5.74) is 1.27. The third-order valence-electron chi connectivity index (χ3n) is 6.52. The van der Waals surface area contributed by atoms with Crippen molar-refractivity contribution in [2.24, 2.45) is 23.2 Å². The van der Waals surface area contributed by atoms with Crippen molar-refractivity contribution in [3.05, 3.63) is 24.3 Å². The van der Waals surface area contributed by atoms with Gasteiger partial charge in [0.15, 0.2) is 6.61 Å². The van der Waals surface area contributed by atoms with E-state index < -0.39 is 0 Å². The molecular formula is C22H28N2O4. The van der Waals surface area contributed by atoms with Gasteiger partial charge in [0.05, 0.1) is 6.42 Å². The van der Waals surface area contributed by atoms with Gasteiger partial charge in [0, 0.05) is 18.3 Å². The molecule has 2 N–H and O–H groups in total. The summed E-state index contributed by atoms with van der Waals surface area (Å²) in [7, 11) is 0. The predicted octanol–water partition coefficient (Wildman–Crippen LogP) is 3.73. The van der Waals surface area contributed by atoms with Crippen LogP contribution in [-0.4, -0.2) is 24.4 Å². The minimum Gasteiger partial charge on any atom is -0.456 e. The van der Waals surface area contributed by atoms with Gasteiger partial charge in [-0.05, 0) is 79.9 Å². The number of benzene rings is 1. The maximum atomic E-state index is 12.4. The van der Waals surface area contributed by atoms with Crippen molar-refractivity contribution in [3.63, 3.8) is 0 Å². The van der Waals surface area contributed by atoms with Crippen molar-refractivity contribution in [2.45, 2.75) is 51.9 Å². The summed E-state index contributed by atoms with van der Waals surface area (Å²) in [5.74, 6) is 1.56. The molecule has 4 bridgehead atoms. The van der Waals surface area contributed by atoms with Crippen LogP contribution in [0.5, 0.6) is 0 Å². The van der Waals surface area contributed by atoms with Crippen LogP contribution in [0.3, 0.4) is 0 Å². The zero-order valence-corrected chi connectivity index (χ0v) is 16.3. The lowest BCUT2D eigenvalue weighted by molar-refractivity contribution is -0.154. The molecule has 0 spiro atoms. The third-order valence-corrected chi connectivity index (χ3v) is 6.52. The molecule has 28 heavy (non-hydrogen) atoms. The molecule has 1 aromatic rings. The van der Waals surface area contributed by atoms with Gasteiger partial charge in [-0.3, -0.25) is 14.4 Å². The third kappa shape index (κ3) is 4.37. The first kappa shape index (κ1) is 19.0. The monoisotopic (exact) mass is 384 g/mol. The number of esters is 1. The van der Waals surface area contributed by atoms with Gasteiger partial charge in [0.1, 0.15) is 0 Å². The average molecular weight is 384 g/mol. The van der Waals surface area contributed by atoms with E-state index in [4.69, 9.17) is 4.74 Å². The number of hydrogen-bond acceptors (Lipinski definition) is 4. The molecule has 1 aromatic carbocycles. The number of carbonyl (C=O) groups excluding carboxylic acids is 3. The van der Waals surface area contributed by atoms with Crippen LogP contribution in [0.25, 0.3) is 0 Å². The first-order valence-corrected chi connectivity index (χ1v) is 10.2. The number of rotatable bonds is 6. The second kappa shape index (κ2) is 7.57. The van der Waals surface area contributed by atoms with E-state index in [1.807, 2.05) is 0 Å². The second-order valence-electron chi connectivity index (χ2n) is 9.07. The molecule has 0 saturated heterocycles. The van der Waals surface area contributed by atoms with Crippen LogP contribution in [-0.2, 0) is 19.1 Å². The van der Waals surface area contributed by atoms with E-state index in [0.717, 1.165) is 37.0 Å². The molecule has 0 heterocycles. The van der Waals surface area contributed by atoms with Gasteiger partial charge in [0.2, 0.25) is 5.91 Å². The van der Waals surface area contributed by atoms with Gasteiger partial charge >= 0.3 is 5.97 Å². The van der Waals surface area contributed by atoms with E-state index in [1.165, 1.54) is 26.2 Å². The minimum absolute atomic E-state index is 0.120. The van der Waals surface area contributed by atoms with E-state index in [2.05, 4.69) is 10.6 Å². The van der Waals surface area contributed by atoms with Crippen LogP contribution < -0.4 is 10.6 Å². The van der Waals surface area contributed by atoms with E-state index in [0.29, 0.717) is 17.8 Å². The van der Waals surface area contributed by atoms with Gasteiger partial charge in [-0.1, -0.05) is 6.07 Å². The molecule has 4 fully saturated rings. The number of amides is 2. The fraction of sp³-hybridized carbons (Fsp3) is 0.591. The van der Waals surface area contributed by atoms with Gasteiger partial charge in [0.25, 0.3) is 5.91 Å². The summed E-state index contributed by atoms with van der Waals surface area (Å²) in [6.07, 6.45) is 7.92. The fourth-order valence-corrected chi connectivity index (χ4v) is 6.08. The predicted molar refractivity (Wildman–Crippen MR) is 106 cm³/mol. The molecule has 150 valence electrons. The van der Waals surface area contributed by atoms with Crippen molar-refractivity contribution in [1.29, 1.82) is 0 Å². The Morgan fingerprint density at radius 3 is 2.14 bits per heavy atom. The first-order chi connectivity index (χ1) is 13.4. The molecule has 4 aliphatic rings. The Hall–Kier alpha value is -2.37. The van der Waals surface area contributed by atoms with Crippen LogP contribution in [0.2, 0.25) is 0 Å². The summed E-state index contributed by atoms with van der Waals surface area (Å²) in [5, 5.41) is 5.37. The number of anilines is 2. The molecular weight excluding hydrogens is 356 g/mol. The molecule has 0 radical (unpaired) electrons. The highest BCUT2D eigenvalue weighted by atomic mass is 16.5. The van der Waals surface area contributed by atoms with E-state index >= 15 is 0 Å². The number of hydrogen-bond donors (Lipinski definition) is 2. The molecule has 4 aliphatic carbocycles. The Balaban J connectivity index is 1.26. The summed E-state index contributed by atoms with van der Waals surface area (Å²) >= 11 is 0. The zero-order valence-electron chi connectivity index (χ0n) is 16.3. The standard InChI is InChI=1S/C22H28N2O4/c1-14(25)23-18-3-2-4-19(8-18)24-20(26)13-28-21(27)12-22-9-15-5-16(10-22)7-17(6-15)11-22/h2-4,8,15-17H,5-7,9-13H2,1H3,(H,23,25)(H,24,26). The maximum absolute atomic E-state index is 12.4. The van der Waals surface area contributed by atoms with E-state index in [1.54, 1.807) is 24.3 Å². The highest BCUT2D eigenvalue weighted by molar-refractivity contribution is 5.94. The smallest absolute Gasteiger partial charge is 0.306 e.